The van der Waals surface area contributed by atoms with Crippen molar-refractivity contribution in [2.24, 2.45) is 16.6 Å². The number of halogens is 3. The number of amidine groups is 1. The van der Waals surface area contributed by atoms with Crippen LogP contribution in [0.3, 0.4) is 0 Å². The van der Waals surface area contributed by atoms with Crippen molar-refractivity contribution in [1.29, 1.82) is 0 Å². The third-order valence-electron chi connectivity index (χ3n) is 5.29. The van der Waals surface area contributed by atoms with E-state index in [0.717, 1.165) is 6.42 Å². The number of nitrogens with one attached hydrogen (secondary N) is 1. The lowest BCUT2D eigenvalue weighted by atomic mass is 9.86. The zero-order valence-corrected chi connectivity index (χ0v) is 16.5. The van der Waals surface area contributed by atoms with Crippen LogP contribution >= 0.6 is 23.4 Å². The number of nitrogens with two attached hydrogens (primary N) is 1. The lowest BCUT2D eigenvalue weighted by Gasteiger charge is -2.31. The Balaban J connectivity index is 1.57. The predicted octanol–water partition coefficient (Wildman–Crippen LogP) is 4.18. The highest BCUT2D eigenvalue weighted by molar-refractivity contribution is 8.14. The summed E-state index contributed by atoms with van der Waals surface area (Å²) in [6, 6.07) is 6.13. The minimum absolute atomic E-state index is 0.0734. The van der Waals surface area contributed by atoms with E-state index in [0.29, 0.717) is 32.6 Å². The van der Waals surface area contributed by atoms with E-state index in [9.17, 15) is 8.78 Å². The lowest BCUT2D eigenvalue weighted by Crippen LogP contribution is -2.36. The first-order valence-electron chi connectivity index (χ1n) is 8.92. The number of aliphatic imine (C=N–C) groups is 1. The van der Waals surface area contributed by atoms with Crippen molar-refractivity contribution in [2.45, 2.75) is 17.2 Å². The Hall–Kier alpha value is -2.52. The number of benzene rings is 1. The molecule has 3 heterocycles. The predicted molar refractivity (Wildman–Crippen MR) is 111 cm³/mol. The maximum Gasteiger partial charge on any atom is 0.179 e. The van der Waals surface area contributed by atoms with Crippen molar-refractivity contribution in [2.75, 3.05) is 12.0 Å². The van der Waals surface area contributed by atoms with E-state index in [1.54, 1.807) is 24.4 Å². The molecule has 3 aromatic rings. The van der Waals surface area contributed by atoms with E-state index in [1.807, 2.05) is 0 Å². The van der Waals surface area contributed by atoms with Gasteiger partial charge in [0.15, 0.2) is 11.0 Å². The van der Waals surface area contributed by atoms with Crippen LogP contribution in [0.1, 0.15) is 12.0 Å². The smallest absolute Gasteiger partial charge is 0.179 e. The lowest BCUT2D eigenvalue weighted by molar-refractivity contribution is 0.272. The third kappa shape index (κ3) is 3.08. The normalized spacial score (nSPS) is 25.4. The fraction of sp³-hybridized carbons (Fsp3) is 0.263. The van der Waals surface area contributed by atoms with Crippen molar-refractivity contribution in [1.82, 2.24) is 15.2 Å². The van der Waals surface area contributed by atoms with Crippen LogP contribution < -0.4 is 11.1 Å². The molecule has 3 N–H and O–H groups in total. The average Bonchev–Trinajstić information content (AvgIpc) is 3.48. The number of nitrogens with zero attached hydrogens (tertiary/aromatic N) is 4. The van der Waals surface area contributed by atoms with Gasteiger partial charge in [0.05, 0.1) is 11.2 Å². The number of pyridine rings is 1. The first kappa shape index (κ1) is 18.5. The quantitative estimate of drug-likeness (QED) is 0.643. The van der Waals surface area contributed by atoms with Crippen LogP contribution in [0.5, 0.6) is 0 Å². The molecule has 0 saturated heterocycles. The molecule has 0 amide bonds. The van der Waals surface area contributed by atoms with Crippen molar-refractivity contribution >= 4 is 50.9 Å². The van der Waals surface area contributed by atoms with Crippen LogP contribution in [0.15, 0.2) is 41.7 Å². The molecule has 5 rings (SSSR count). The van der Waals surface area contributed by atoms with Gasteiger partial charge >= 0.3 is 0 Å². The molecule has 0 unspecified atom stereocenters. The Morgan fingerprint density at radius 2 is 2.17 bits per heavy atom. The summed E-state index contributed by atoms with van der Waals surface area (Å²) in [6.07, 6.45) is 3.82. The molecule has 29 heavy (non-hydrogen) atoms. The minimum Gasteiger partial charge on any atom is -0.379 e. The van der Waals surface area contributed by atoms with Gasteiger partial charge in [0.25, 0.3) is 0 Å². The summed E-state index contributed by atoms with van der Waals surface area (Å²) in [5, 5.41) is 12.8. The Morgan fingerprint density at radius 3 is 3.00 bits per heavy atom. The average molecular weight is 433 g/mol. The summed E-state index contributed by atoms with van der Waals surface area (Å²) >= 11 is 7.41. The van der Waals surface area contributed by atoms with Crippen LogP contribution in [0.2, 0.25) is 5.02 Å². The maximum absolute atomic E-state index is 14.8. The summed E-state index contributed by atoms with van der Waals surface area (Å²) in [5.41, 5.74) is 5.88. The Kier molecular flexibility index (Phi) is 4.32. The van der Waals surface area contributed by atoms with Gasteiger partial charge in [0.2, 0.25) is 0 Å². The largest absolute Gasteiger partial charge is 0.379 e. The number of hydrogen-bond donors (Lipinski definition) is 2. The summed E-state index contributed by atoms with van der Waals surface area (Å²) in [5.74, 6) is -0.204. The van der Waals surface area contributed by atoms with Gasteiger partial charge in [0, 0.05) is 34.0 Å². The Bertz CT molecular complexity index is 1160. The van der Waals surface area contributed by atoms with Crippen molar-refractivity contribution < 1.29 is 8.78 Å². The Labute approximate surface area is 174 Å². The number of hydrogen-bond acceptors (Lipinski definition) is 7. The molecule has 1 saturated carbocycles. The number of aromatic nitrogens is 3. The van der Waals surface area contributed by atoms with Crippen molar-refractivity contribution in [3.63, 3.8) is 0 Å². The van der Waals surface area contributed by atoms with E-state index in [4.69, 9.17) is 17.3 Å². The van der Waals surface area contributed by atoms with Gasteiger partial charge in [-0.3, -0.25) is 4.98 Å². The topological polar surface area (TPSA) is 89.1 Å². The molecule has 1 fully saturated rings. The maximum atomic E-state index is 14.8. The zero-order valence-electron chi connectivity index (χ0n) is 14.9. The molecule has 2 aromatic heterocycles. The highest BCUT2D eigenvalue weighted by atomic mass is 35.5. The SMILES string of the molecule is NC1=N[C@](CF)(c2cc(Nc3nncc4cc(Cl)cnc34)ccc2F)[C@@H]2C[C@@H]2S1. The van der Waals surface area contributed by atoms with Crippen LogP contribution in [-0.4, -0.2) is 32.3 Å². The van der Waals surface area contributed by atoms with Gasteiger partial charge in [-0.15, -0.1) is 5.10 Å². The van der Waals surface area contributed by atoms with Crippen molar-refractivity contribution in [3.05, 3.63) is 53.1 Å². The van der Waals surface area contributed by atoms with E-state index in [-0.39, 0.29) is 16.7 Å². The molecule has 6 nitrogen and oxygen atoms in total. The molecule has 0 bridgehead atoms. The summed E-state index contributed by atoms with van der Waals surface area (Å²) in [6.45, 7) is -0.816. The fourth-order valence-electron chi connectivity index (χ4n) is 3.83. The van der Waals surface area contributed by atoms with Crippen LogP contribution in [-0.2, 0) is 5.54 Å². The molecule has 10 heteroatoms. The van der Waals surface area contributed by atoms with E-state index >= 15 is 0 Å². The first-order chi connectivity index (χ1) is 14.0. The summed E-state index contributed by atoms with van der Waals surface area (Å²) in [4.78, 5) is 8.65. The second-order valence-electron chi connectivity index (χ2n) is 7.11. The van der Waals surface area contributed by atoms with Gasteiger partial charge in [-0.1, -0.05) is 23.4 Å². The molecule has 0 spiro atoms. The van der Waals surface area contributed by atoms with Crippen LogP contribution in [0.25, 0.3) is 10.9 Å². The number of alkyl halides is 1. The van der Waals surface area contributed by atoms with Gasteiger partial charge in [0.1, 0.15) is 23.5 Å². The minimum atomic E-state index is -1.29. The summed E-state index contributed by atoms with van der Waals surface area (Å²) in [7, 11) is 0. The molecule has 3 atom stereocenters. The second-order valence-corrected chi connectivity index (χ2v) is 8.81. The molecular weight excluding hydrogens is 418 g/mol. The van der Waals surface area contributed by atoms with E-state index in [1.165, 1.54) is 24.0 Å². The molecule has 2 aliphatic rings. The molecule has 1 aromatic carbocycles. The highest BCUT2D eigenvalue weighted by Crippen LogP contribution is 2.58. The third-order valence-corrected chi connectivity index (χ3v) is 6.65. The molecule has 1 aliphatic carbocycles. The number of fused-ring (bicyclic) bond motifs is 2. The Morgan fingerprint density at radius 1 is 1.31 bits per heavy atom. The fourth-order valence-corrected chi connectivity index (χ4v) is 5.21. The number of rotatable bonds is 4. The van der Waals surface area contributed by atoms with Gasteiger partial charge < -0.3 is 11.1 Å². The summed E-state index contributed by atoms with van der Waals surface area (Å²) < 4.78 is 29.0. The number of thioether (sulfide) groups is 1. The van der Waals surface area contributed by atoms with Crippen molar-refractivity contribution in [3.8, 4) is 0 Å². The van der Waals surface area contributed by atoms with Crippen LogP contribution in [0.4, 0.5) is 20.3 Å². The first-order valence-corrected chi connectivity index (χ1v) is 10.2. The molecular formula is C19H15ClF2N6S. The van der Waals surface area contributed by atoms with Gasteiger partial charge in [-0.25, -0.2) is 13.8 Å². The van der Waals surface area contributed by atoms with Gasteiger partial charge in [-0.05, 0) is 30.7 Å². The van der Waals surface area contributed by atoms with Crippen LogP contribution in [0, 0.1) is 11.7 Å². The number of anilines is 2. The zero-order chi connectivity index (χ0) is 20.2. The van der Waals surface area contributed by atoms with Gasteiger partial charge in [-0.2, -0.15) is 5.10 Å². The highest BCUT2D eigenvalue weighted by Gasteiger charge is 2.58. The molecule has 1 aliphatic heterocycles. The standard InChI is InChI=1S/C19H15ClF2N6S/c20-10-3-9-6-25-28-17(16(9)24-7-10)26-11-1-2-14(22)12(4-11)19(8-21)13-5-15(13)29-18(23)27-19/h1-4,6-7,13,15H,5,8H2,(H2,23,27)(H,26,28)/t13-,15+,19-/m1/s1. The van der Waals surface area contributed by atoms with E-state index in [2.05, 4.69) is 25.5 Å². The van der Waals surface area contributed by atoms with E-state index < -0.39 is 18.0 Å². The monoisotopic (exact) mass is 432 g/mol. The molecule has 148 valence electrons. The molecule has 0 radical (unpaired) electrons. The second kappa shape index (κ2) is 6.77.